The standard InChI is InChI=1S/C15H23NO/c1-17-15-9-5-8-14(12-15)16-11-10-13-6-3-2-4-7-13/h5,8-9,12-13,16H,2-4,6-7,10-11H2,1H3. The van der Waals surface area contributed by atoms with Crippen LogP contribution in [0.4, 0.5) is 5.69 Å². The molecule has 94 valence electrons. The van der Waals surface area contributed by atoms with E-state index in [1.165, 1.54) is 44.2 Å². The number of hydrogen-bond donors (Lipinski definition) is 1. The average Bonchev–Trinajstić information content (AvgIpc) is 2.40. The smallest absolute Gasteiger partial charge is 0.120 e. The van der Waals surface area contributed by atoms with E-state index in [4.69, 9.17) is 4.74 Å². The van der Waals surface area contributed by atoms with Crippen molar-refractivity contribution in [3.63, 3.8) is 0 Å². The molecule has 1 saturated carbocycles. The predicted molar refractivity (Wildman–Crippen MR) is 72.7 cm³/mol. The number of ether oxygens (including phenoxy) is 1. The number of anilines is 1. The maximum absolute atomic E-state index is 5.21. The van der Waals surface area contributed by atoms with Crippen LogP contribution in [-0.2, 0) is 0 Å². The molecule has 0 atom stereocenters. The zero-order chi connectivity index (χ0) is 11.9. The van der Waals surface area contributed by atoms with Crippen LogP contribution in [0.15, 0.2) is 24.3 Å². The van der Waals surface area contributed by atoms with Gasteiger partial charge in [-0.25, -0.2) is 0 Å². The summed E-state index contributed by atoms with van der Waals surface area (Å²) in [6.07, 6.45) is 8.48. The van der Waals surface area contributed by atoms with E-state index in [1.807, 2.05) is 12.1 Å². The van der Waals surface area contributed by atoms with Gasteiger partial charge in [0.1, 0.15) is 5.75 Å². The molecule has 0 amide bonds. The third-order valence-corrected chi connectivity index (χ3v) is 3.68. The highest BCUT2D eigenvalue weighted by Crippen LogP contribution is 2.26. The minimum Gasteiger partial charge on any atom is -0.497 e. The van der Waals surface area contributed by atoms with Crippen LogP contribution in [0, 0.1) is 5.92 Å². The quantitative estimate of drug-likeness (QED) is 0.827. The maximum Gasteiger partial charge on any atom is 0.120 e. The summed E-state index contributed by atoms with van der Waals surface area (Å²) >= 11 is 0. The second-order valence-electron chi connectivity index (χ2n) is 4.95. The fraction of sp³-hybridized carbons (Fsp3) is 0.600. The van der Waals surface area contributed by atoms with Gasteiger partial charge in [0, 0.05) is 18.3 Å². The normalized spacial score (nSPS) is 16.8. The highest BCUT2D eigenvalue weighted by molar-refractivity contribution is 5.47. The lowest BCUT2D eigenvalue weighted by atomic mass is 9.87. The molecule has 0 aliphatic heterocycles. The van der Waals surface area contributed by atoms with Gasteiger partial charge in [-0.15, -0.1) is 0 Å². The van der Waals surface area contributed by atoms with Gasteiger partial charge in [0.2, 0.25) is 0 Å². The van der Waals surface area contributed by atoms with E-state index in [0.717, 1.165) is 18.2 Å². The van der Waals surface area contributed by atoms with Gasteiger partial charge >= 0.3 is 0 Å². The summed E-state index contributed by atoms with van der Waals surface area (Å²) in [5.41, 5.74) is 1.17. The maximum atomic E-state index is 5.21. The SMILES string of the molecule is COc1cccc(NCCC2CCCCC2)c1. The van der Waals surface area contributed by atoms with E-state index in [2.05, 4.69) is 17.4 Å². The van der Waals surface area contributed by atoms with Gasteiger partial charge in [0.05, 0.1) is 7.11 Å². The molecule has 17 heavy (non-hydrogen) atoms. The summed E-state index contributed by atoms with van der Waals surface area (Å²) < 4.78 is 5.21. The van der Waals surface area contributed by atoms with Crippen LogP contribution in [0.2, 0.25) is 0 Å². The Hall–Kier alpha value is -1.18. The number of rotatable bonds is 5. The Morgan fingerprint density at radius 1 is 1.24 bits per heavy atom. The van der Waals surface area contributed by atoms with Crippen molar-refractivity contribution in [1.82, 2.24) is 0 Å². The van der Waals surface area contributed by atoms with Crippen molar-refractivity contribution in [3.05, 3.63) is 24.3 Å². The van der Waals surface area contributed by atoms with Gasteiger partial charge in [-0.3, -0.25) is 0 Å². The molecule has 0 saturated heterocycles. The number of hydrogen-bond acceptors (Lipinski definition) is 2. The molecule has 0 radical (unpaired) electrons. The third kappa shape index (κ3) is 3.95. The molecule has 0 heterocycles. The minimum absolute atomic E-state index is 0.924. The minimum atomic E-state index is 0.924. The van der Waals surface area contributed by atoms with E-state index < -0.39 is 0 Å². The molecule has 2 rings (SSSR count). The lowest BCUT2D eigenvalue weighted by molar-refractivity contribution is 0.345. The van der Waals surface area contributed by atoms with Crippen LogP contribution in [0.1, 0.15) is 38.5 Å². The molecule has 1 aliphatic carbocycles. The van der Waals surface area contributed by atoms with Crippen molar-refractivity contribution in [2.24, 2.45) is 5.92 Å². The molecule has 1 aromatic carbocycles. The molecule has 1 aliphatic rings. The Kier molecular flexibility index (Phi) is 4.72. The molecule has 1 N–H and O–H groups in total. The number of benzene rings is 1. The largest absolute Gasteiger partial charge is 0.497 e. The van der Waals surface area contributed by atoms with Gasteiger partial charge in [0.15, 0.2) is 0 Å². The van der Waals surface area contributed by atoms with Gasteiger partial charge in [-0.2, -0.15) is 0 Å². The molecule has 2 nitrogen and oxygen atoms in total. The first-order valence-corrected chi connectivity index (χ1v) is 6.76. The number of methoxy groups -OCH3 is 1. The van der Waals surface area contributed by atoms with Crippen molar-refractivity contribution >= 4 is 5.69 Å². The summed E-state index contributed by atoms with van der Waals surface area (Å²) in [5, 5.41) is 3.49. The predicted octanol–water partition coefficient (Wildman–Crippen LogP) is 4.08. The molecule has 0 spiro atoms. The van der Waals surface area contributed by atoms with Crippen LogP contribution in [0.25, 0.3) is 0 Å². The molecule has 0 aromatic heterocycles. The fourth-order valence-corrected chi connectivity index (χ4v) is 2.63. The first kappa shape index (κ1) is 12.3. The monoisotopic (exact) mass is 233 g/mol. The Morgan fingerprint density at radius 2 is 2.06 bits per heavy atom. The van der Waals surface area contributed by atoms with E-state index in [0.29, 0.717) is 0 Å². The fourth-order valence-electron chi connectivity index (χ4n) is 2.63. The van der Waals surface area contributed by atoms with Crippen LogP contribution in [-0.4, -0.2) is 13.7 Å². The van der Waals surface area contributed by atoms with Crippen molar-refractivity contribution in [2.45, 2.75) is 38.5 Å². The molecule has 1 fully saturated rings. The molecule has 1 aromatic rings. The highest BCUT2D eigenvalue weighted by Gasteiger charge is 2.12. The summed E-state index contributed by atoms with van der Waals surface area (Å²) in [7, 11) is 1.71. The van der Waals surface area contributed by atoms with E-state index in [1.54, 1.807) is 7.11 Å². The van der Waals surface area contributed by atoms with Crippen LogP contribution < -0.4 is 10.1 Å². The van der Waals surface area contributed by atoms with E-state index in [-0.39, 0.29) is 0 Å². The number of nitrogens with one attached hydrogen (secondary N) is 1. The zero-order valence-electron chi connectivity index (χ0n) is 10.7. The Bertz CT molecular complexity index is 331. The van der Waals surface area contributed by atoms with Gasteiger partial charge in [-0.05, 0) is 24.5 Å². The van der Waals surface area contributed by atoms with Crippen molar-refractivity contribution in [1.29, 1.82) is 0 Å². The lowest BCUT2D eigenvalue weighted by Gasteiger charge is -2.21. The van der Waals surface area contributed by atoms with Crippen molar-refractivity contribution < 1.29 is 4.74 Å². The van der Waals surface area contributed by atoms with Gasteiger partial charge in [-0.1, -0.05) is 38.2 Å². The summed E-state index contributed by atoms with van der Waals surface area (Å²) in [6, 6.07) is 8.17. The van der Waals surface area contributed by atoms with Gasteiger partial charge in [0.25, 0.3) is 0 Å². The molecule has 0 bridgehead atoms. The topological polar surface area (TPSA) is 21.3 Å². The summed E-state index contributed by atoms with van der Waals surface area (Å²) in [4.78, 5) is 0. The van der Waals surface area contributed by atoms with E-state index in [9.17, 15) is 0 Å². The molecule has 0 unspecified atom stereocenters. The first-order valence-electron chi connectivity index (χ1n) is 6.76. The molecule has 2 heteroatoms. The zero-order valence-corrected chi connectivity index (χ0v) is 10.7. The Morgan fingerprint density at radius 3 is 2.82 bits per heavy atom. The average molecular weight is 233 g/mol. The Balaban J connectivity index is 1.73. The second-order valence-corrected chi connectivity index (χ2v) is 4.95. The van der Waals surface area contributed by atoms with Crippen LogP contribution in [0.3, 0.4) is 0 Å². The van der Waals surface area contributed by atoms with Crippen LogP contribution in [0.5, 0.6) is 5.75 Å². The highest BCUT2D eigenvalue weighted by atomic mass is 16.5. The Labute approximate surface area is 104 Å². The molecular weight excluding hydrogens is 210 g/mol. The second kappa shape index (κ2) is 6.53. The van der Waals surface area contributed by atoms with Crippen molar-refractivity contribution in [3.8, 4) is 5.75 Å². The van der Waals surface area contributed by atoms with Crippen LogP contribution >= 0.6 is 0 Å². The van der Waals surface area contributed by atoms with Crippen molar-refractivity contribution in [2.75, 3.05) is 19.0 Å². The summed E-state index contributed by atoms with van der Waals surface area (Å²) in [5.74, 6) is 1.87. The molecular formula is C15H23NO. The summed E-state index contributed by atoms with van der Waals surface area (Å²) in [6.45, 7) is 1.08. The lowest BCUT2D eigenvalue weighted by Crippen LogP contribution is -2.12. The third-order valence-electron chi connectivity index (χ3n) is 3.68. The van der Waals surface area contributed by atoms with E-state index >= 15 is 0 Å². The van der Waals surface area contributed by atoms with Gasteiger partial charge < -0.3 is 10.1 Å². The first-order chi connectivity index (χ1) is 8.38.